The van der Waals surface area contributed by atoms with Crippen LogP contribution in [-0.2, 0) is 0 Å². The van der Waals surface area contributed by atoms with Crippen molar-refractivity contribution in [1.82, 2.24) is 0 Å². The maximum atomic E-state index is 2.45. The van der Waals surface area contributed by atoms with Crippen molar-refractivity contribution in [3.05, 3.63) is 231 Å². The van der Waals surface area contributed by atoms with Crippen molar-refractivity contribution in [2.75, 3.05) is 9.80 Å². The van der Waals surface area contributed by atoms with E-state index in [0.717, 1.165) is 22.7 Å². The fourth-order valence-corrected chi connectivity index (χ4v) is 13.6. The summed E-state index contributed by atoms with van der Waals surface area (Å²) in [5, 5.41) is 2.43. The Labute approximate surface area is 384 Å². The molecule has 0 spiro atoms. The van der Waals surface area contributed by atoms with Crippen LogP contribution >= 0.6 is 22.7 Å². The van der Waals surface area contributed by atoms with Crippen molar-refractivity contribution in [3.63, 3.8) is 0 Å². The molecule has 5 heterocycles. The molecule has 0 fully saturated rings. The number of benzene rings is 8. The molecule has 0 saturated heterocycles. The molecule has 64 heavy (non-hydrogen) atoms. The van der Waals surface area contributed by atoms with Crippen molar-refractivity contribution >= 4 is 146 Å². The van der Waals surface area contributed by atoms with E-state index in [4.69, 9.17) is 0 Å². The summed E-state index contributed by atoms with van der Waals surface area (Å²) in [6.45, 7) is 0.525. The van der Waals surface area contributed by atoms with Gasteiger partial charge >= 0.3 is 0 Å². The summed E-state index contributed by atoms with van der Waals surface area (Å²) in [4.78, 5) is 4.80. The molecule has 0 saturated carbocycles. The van der Waals surface area contributed by atoms with Gasteiger partial charge in [-0.05, 0) is 70.2 Å². The summed E-state index contributed by atoms with van der Waals surface area (Å²) >= 11 is 3.83. The van der Waals surface area contributed by atoms with Crippen LogP contribution in [0.1, 0.15) is 0 Å². The van der Waals surface area contributed by atoms with Gasteiger partial charge in [-0.1, -0.05) is 224 Å². The molecule has 2 aromatic heterocycles. The number of hydrogen-bond donors (Lipinski definition) is 0. The Kier molecular flexibility index (Phi) is 9.02. The first-order chi connectivity index (χ1) is 31.8. The molecule has 0 unspecified atom stereocenters. The molecule has 3 aliphatic heterocycles. The zero-order chi connectivity index (χ0) is 42.1. The molecule has 2 nitrogen and oxygen atoms in total. The van der Waals surface area contributed by atoms with Gasteiger partial charge in [-0.3, -0.25) is 0 Å². The Balaban J connectivity index is 0.965. The van der Waals surface area contributed by atoms with E-state index in [1.165, 1.54) is 74.2 Å². The molecule has 8 heteroatoms. The van der Waals surface area contributed by atoms with E-state index >= 15 is 0 Å². The number of thiophene rings is 2. The van der Waals surface area contributed by atoms with Crippen LogP contribution in [-0.4, -0.2) is 26.9 Å². The van der Waals surface area contributed by atoms with Gasteiger partial charge in [-0.15, -0.1) is 22.7 Å². The summed E-state index contributed by atoms with van der Waals surface area (Å²) in [6.07, 6.45) is 0. The Bertz CT molecular complexity index is 3040. The molecule has 0 bridgehead atoms. The van der Waals surface area contributed by atoms with Crippen LogP contribution in [0.15, 0.2) is 231 Å². The SMILES string of the molecule is c1ccc(N(c2ccccc2)c2ccc(B3c4ccccc4B4c5cccc6c5B(c5ccccc5B6c5ccc(N(c6ccccc6)c6ccccc6)s5)c5cccc3c54)s2)cc1. The highest BCUT2D eigenvalue weighted by molar-refractivity contribution is 7.34. The summed E-state index contributed by atoms with van der Waals surface area (Å²) < 4.78 is 2.73. The number of anilines is 6. The Hall–Kier alpha value is -6.98. The van der Waals surface area contributed by atoms with Crippen LogP contribution in [0, 0.1) is 0 Å². The first kappa shape index (κ1) is 37.6. The lowest BCUT2D eigenvalue weighted by atomic mass is 9.11. The van der Waals surface area contributed by atoms with Crippen LogP contribution in [0.3, 0.4) is 0 Å². The largest absolute Gasteiger partial charge is 0.302 e. The van der Waals surface area contributed by atoms with Gasteiger partial charge in [0.25, 0.3) is 13.4 Å². The van der Waals surface area contributed by atoms with Gasteiger partial charge in [-0.2, -0.15) is 0 Å². The summed E-state index contributed by atoms with van der Waals surface area (Å²) in [5.41, 5.74) is 19.1. The minimum atomic E-state index is 0.118. The first-order valence-electron chi connectivity index (χ1n) is 22.2. The van der Waals surface area contributed by atoms with E-state index in [0.29, 0.717) is 0 Å². The van der Waals surface area contributed by atoms with Gasteiger partial charge in [0.15, 0.2) is 0 Å². The van der Waals surface area contributed by atoms with Crippen molar-refractivity contribution in [2.45, 2.75) is 0 Å². The number of hydrogen-bond acceptors (Lipinski definition) is 4. The Morgan fingerprint density at radius 2 is 0.500 bits per heavy atom. The number of nitrogens with zero attached hydrogens (tertiary/aromatic N) is 2. The van der Waals surface area contributed by atoms with Gasteiger partial charge in [-0.25, -0.2) is 0 Å². The summed E-state index contributed by atoms with van der Waals surface area (Å²) in [7, 11) is 0. The molecule has 0 radical (unpaired) electrons. The number of fused-ring (bicyclic) bond motifs is 6. The molecule has 0 atom stereocenters. The van der Waals surface area contributed by atoms with Gasteiger partial charge in [0.2, 0.25) is 13.4 Å². The van der Waals surface area contributed by atoms with Crippen molar-refractivity contribution in [3.8, 4) is 0 Å². The van der Waals surface area contributed by atoms with E-state index in [9.17, 15) is 0 Å². The Morgan fingerprint density at radius 1 is 0.234 bits per heavy atom. The van der Waals surface area contributed by atoms with Crippen molar-refractivity contribution < 1.29 is 0 Å². The maximum Gasteiger partial charge on any atom is 0.253 e. The molecular weight excluding hydrogens is 808 g/mol. The van der Waals surface area contributed by atoms with Crippen LogP contribution in [0.2, 0.25) is 0 Å². The molecule has 0 N–H and O–H groups in total. The van der Waals surface area contributed by atoms with Crippen molar-refractivity contribution in [1.29, 1.82) is 0 Å². The van der Waals surface area contributed by atoms with Gasteiger partial charge in [0.05, 0.1) is 10.0 Å². The van der Waals surface area contributed by atoms with E-state index in [2.05, 4.69) is 240 Å². The predicted octanol–water partition coefficient (Wildman–Crippen LogP) is 5.75. The van der Waals surface area contributed by atoms with Gasteiger partial charge in [0, 0.05) is 22.7 Å². The highest BCUT2D eigenvalue weighted by Gasteiger charge is 2.50. The number of para-hydroxylation sites is 4. The third-order valence-corrected chi connectivity index (χ3v) is 16.0. The molecule has 296 valence electrons. The average molecular weight is 846 g/mol. The summed E-state index contributed by atoms with van der Waals surface area (Å²) in [6, 6.07) is 85.6. The lowest BCUT2D eigenvalue weighted by Gasteiger charge is -2.43. The smallest absolute Gasteiger partial charge is 0.253 e. The van der Waals surface area contributed by atoms with Crippen molar-refractivity contribution in [2.24, 2.45) is 0 Å². The standard InChI is InChI=1S/C56H38B4N2S2/c1-5-19-39(20-6-1)61(40-21-7-2-8-22-40)53-37-35-51(63-53)57-43-27-13-15-29-45(43)59-50-34-18-32-48-56(50)60(49-33-17-31-47(57)55(49)59)46-30-16-14-28-44(46)58(48)52-36-38-54(64-52)62(41-23-9-3-10-24-41)42-25-11-4-12-26-42/h1-38H. The monoisotopic (exact) mass is 846 g/mol. The lowest BCUT2D eigenvalue weighted by Crippen LogP contribution is -2.89. The predicted molar refractivity (Wildman–Crippen MR) is 282 cm³/mol. The number of rotatable bonds is 8. The highest BCUT2D eigenvalue weighted by Crippen LogP contribution is 2.38. The zero-order valence-electron chi connectivity index (χ0n) is 35.0. The second-order valence-corrected chi connectivity index (χ2v) is 19.2. The average Bonchev–Trinajstić information content (AvgIpc) is 4.04. The fraction of sp³-hybridized carbons (Fsp3) is 0. The molecule has 0 aliphatic carbocycles. The maximum absolute atomic E-state index is 2.45. The van der Waals surface area contributed by atoms with Crippen LogP contribution in [0.4, 0.5) is 32.8 Å². The quantitative estimate of drug-likeness (QED) is 0.180. The molecule has 3 aliphatic rings. The first-order valence-corrected chi connectivity index (χ1v) is 23.9. The van der Waals surface area contributed by atoms with E-state index in [-0.39, 0.29) is 26.9 Å². The van der Waals surface area contributed by atoms with Gasteiger partial charge < -0.3 is 9.80 Å². The minimum absolute atomic E-state index is 0.118. The Morgan fingerprint density at radius 3 is 0.828 bits per heavy atom. The van der Waals surface area contributed by atoms with Gasteiger partial charge in [0.1, 0.15) is 0 Å². The minimum Gasteiger partial charge on any atom is -0.302 e. The molecular formula is C56H38B4N2S2. The van der Waals surface area contributed by atoms with E-state index in [1.807, 2.05) is 22.7 Å². The molecule has 0 amide bonds. The third-order valence-electron chi connectivity index (χ3n) is 13.7. The summed E-state index contributed by atoms with van der Waals surface area (Å²) in [5.74, 6) is 0. The van der Waals surface area contributed by atoms with Crippen LogP contribution in [0.25, 0.3) is 0 Å². The van der Waals surface area contributed by atoms with Crippen LogP contribution < -0.4 is 74.0 Å². The van der Waals surface area contributed by atoms with Crippen LogP contribution in [0.5, 0.6) is 0 Å². The second-order valence-electron chi connectivity index (χ2n) is 17.1. The highest BCUT2D eigenvalue weighted by atomic mass is 32.1. The lowest BCUT2D eigenvalue weighted by molar-refractivity contribution is 1.32. The normalized spacial score (nSPS) is 12.9. The van der Waals surface area contributed by atoms with E-state index < -0.39 is 0 Å². The fourth-order valence-electron chi connectivity index (χ4n) is 11.2. The zero-order valence-corrected chi connectivity index (χ0v) is 36.6. The second kappa shape index (κ2) is 15.4. The van der Waals surface area contributed by atoms with E-state index in [1.54, 1.807) is 0 Å². The topological polar surface area (TPSA) is 6.48 Å². The molecule has 13 rings (SSSR count). The molecule has 10 aromatic rings. The third kappa shape index (κ3) is 5.90. The molecule has 8 aromatic carbocycles.